The lowest BCUT2D eigenvalue weighted by Crippen LogP contribution is -2.00. The lowest BCUT2D eigenvalue weighted by molar-refractivity contribution is 0.199. The molecular formula is C18H21ClO2. The van der Waals surface area contributed by atoms with Crippen molar-refractivity contribution in [1.29, 1.82) is 0 Å². The molecule has 0 aliphatic heterocycles. The second-order valence-corrected chi connectivity index (χ2v) is 5.56. The van der Waals surface area contributed by atoms with Gasteiger partial charge in [-0.3, -0.25) is 0 Å². The van der Waals surface area contributed by atoms with E-state index in [9.17, 15) is 5.11 Å². The van der Waals surface area contributed by atoms with Crippen LogP contribution in [0.5, 0.6) is 5.75 Å². The van der Waals surface area contributed by atoms with Gasteiger partial charge in [0.1, 0.15) is 5.75 Å². The number of hydrogen-bond acceptors (Lipinski definition) is 2. The maximum Gasteiger partial charge on any atom is 0.137 e. The normalized spacial score (nSPS) is 12.1. The highest BCUT2D eigenvalue weighted by Gasteiger charge is 2.06. The largest absolute Gasteiger partial charge is 0.492 e. The molecule has 0 spiro atoms. The second kappa shape index (κ2) is 8.06. The summed E-state index contributed by atoms with van der Waals surface area (Å²) < 4.78 is 5.70. The molecule has 0 heterocycles. The van der Waals surface area contributed by atoms with Crippen molar-refractivity contribution in [3.63, 3.8) is 0 Å². The molecule has 0 unspecified atom stereocenters. The van der Waals surface area contributed by atoms with Crippen molar-refractivity contribution in [3.05, 3.63) is 64.7 Å². The molecular weight excluding hydrogens is 284 g/mol. The summed E-state index contributed by atoms with van der Waals surface area (Å²) in [5, 5.41) is 10.0. The standard InChI is InChI=1S/C18H21ClO2/c1-14(20)16-10-11-18(17(19)13-16)21-12-6-5-9-15-7-3-2-4-8-15/h2-4,7-8,10-11,13-14,20H,5-6,9,12H2,1H3/t14-/m1/s1. The first kappa shape index (κ1) is 15.9. The van der Waals surface area contributed by atoms with Crippen molar-refractivity contribution in [2.24, 2.45) is 0 Å². The minimum absolute atomic E-state index is 0.512. The Morgan fingerprint density at radius 2 is 1.86 bits per heavy atom. The van der Waals surface area contributed by atoms with Crippen LogP contribution in [0.25, 0.3) is 0 Å². The van der Waals surface area contributed by atoms with E-state index in [0.29, 0.717) is 17.4 Å². The Bertz CT molecular complexity index is 552. The van der Waals surface area contributed by atoms with Gasteiger partial charge >= 0.3 is 0 Å². The monoisotopic (exact) mass is 304 g/mol. The number of aryl methyl sites for hydroxylation is 1. The van der Waals surface area contributed by atoms with Crippen LogP contribution in [0.15, 0.2) is 48.5 Å². The summed E-state index contributed by atoms with van der Waals surface area (Å²) in [7, 11) is 0. The third kappa shape index (κ3) is 5.07. The zero-order chi connectivity index (χ0) is 15.1. The molecule has 2 rings (SSSR count). The van der Waals surface area contributed by atoms with Crippen LogP contribution in [0.3, 0.4) is 0 Å². The molecule has 0 aromatic heterocycles. The van der Waals surface area contributed by atoms with Crippen LogP contribution in [0, 0.1) is 0 Å². The lowest BCUT2D eigenvalue weighted by Gasteiger charge is -2.11. The fourth-order valence-corrected chi connectivity index (χ4v) is 2.40. The first-order chi connectivity index (χ1) is 10.2. The average Bonchev–Trinajstić information content (AvgIpc) is 2.49. The highest BCUT2D eigenvalue weighted by molar-refractivity contribution is 6.32. The summed E-state index contributed by atoms with van der Waals surface area (Å²) in [6.45, 7) is 2.37. The van der Waals surface area contributed by atoms with Crippen LogP contribution >= 0.6 is 11.6 Å². The Balaban J connectivity index is 1.74. The molecule has 2 aromatic carbocycles. The second-order valence-electron chi connectivity index (χ2n) is 5.16. The van der Waals surface area contributed by atoms with Gasteiger partial charge in [0, 0.05) is 0 Å². The van der Waals surface area contributed by atoms with E-state index in [1.54, 1.807) is 13.0 Å². The fourth-order valence-electron chi connectivity index (χ4n) is 2.15. The molecule has 0 fully saturated rings. The van der Waals surface area contributed by atoms with Crippen LogP contribution in [-0.2, 0) is 6.42 Å². The number of aliphatic hydroxyl groups is 1. The summed E-state index contributed by atoms with van der Waals surface area (Å²) in [6, 6.07) is 15.9. The zero-order valence-corrected chi connectivity index (χ0v) is 13.0. The molecule has 2 aromatic rings. The van der Waals surface area contributed by atoms with Gasteiger partial charge in [-0.2, -0.15) is 0 Å². The first-order valence-corrected chi connectivity index (χ1v) is 7.69. The van der Waals surface area contributed by atoms with Gasteiger partial charge < -0.3 is 9.84 Å². The van der Waals surface area contributed by atoms with Crippen molar-refractivity contribution >= 4 is 11.6 Å². The third-order valence-corrected chi connectivity index (χ3v) is 3.69. The van der Waals surface area contributed by atoms with Crippen LogP contribution in [-0.4, -0.2) is 11.7 Å². The van der Waals surface area contributed by atoms with Gasteiger partial charge in [-0.25, -0.2) is 0 Å². The Kier molecular flexibility index (Phi) is 6.09. The molecule has 0 aliphatic rings. The minimum Gasteiger partial charge on any atom is -0.492 e. The molecule has 0 saturated carbocycles. The van der Waals surface area contributed by atoms with Crippen molar-refractivity contribution in [2.45, 2.75) is 32.3 Å². The number of halogens is 1. The topological polar surface area (TPSA) is 29.5 Å². The van der Waals surface area contributed by atoms with Crippen LogP contribution < -0.4 is 4.74 Å². The van der Waals surface area contributed by atoms with Crippen molar-refractivity contribution in [2.75, 3.05) is 6.61 Å². The maximum absolute atomic E-state index is 9.49. The van der Waals surface area contributed by atoms with Gasteiger partial charge in [0.2, 0.25) is 0 Å². The van der Waals surface area contributed by atoms with E-state index in [-0.39, 0.29) is 0 Å². The van der Waals surface area contributed by atoms with Gasteiger partial charge in [-0.15, -0.1) is 0 Å². The Morgan fingerprint density at radius 3 is 2.52 bits per heavy atom. The van der Waals surface area contributed by atoms with E-state index in [1.807, 2.05) is 18.2 Å². The summed E-state index contributed by atoms with van der Waals surface area (Å²) in [5.74, 6) is 0.681. The van der Waals surface area contributed by atoms with Gasteiger partial charge in [-0.05, 0) is 49.4 Å². The molecule has 0 bridgehead atoms. The van der Waals surface area contributed by atoms with Crippen molar-refractivity contribution < 1.29 is 9.84 Å². The molecule has 0 aliphatic carbocycles. The highest BCUT2D eigenvalue weighted by Crippen LogP contribution is 2.28. The number of benzene rings is 2. The average molecular weight is 305 g/mol. The lowest BCUT2D eigenvalue weighted by atomic mass is 10.1. The summed E-state index contributed by atoms with van der Waals surface area (Å²) in [5.41, 5.74) is 2.16. The molecule has 1 atom stereocenters. The number of ether oxygens (including phenoxy) is 1. The predicted octanol–water partition coefficient (Wildman–Crippen LogP) is 4.80. The van der Waals surface area contributed by atoms with Crippen molar-refractivity contribution in [1.82, 2.24) is 0 Å². The van der Waals surface area contributed by atoms with E-state index in [0.717, 1.165) is 24.8 Å². The van der Waals surface area contributed by atoms with Gasteiger partial charge in [0.15, 0.2) is 0 Å². The predicted molar refractivity (Wildman–Crippen MR) is 87.0 cm³/mol. The highest BCUT2D eigenvalue weighted by atomic mass is 35.5. The molecule has 0 amide bonds. The van der Waals surface area contributed by atoms with Crippen LogP contribution in [0.1, 0.15) is 37.0 Å². The van der Waals surface area contributed by atoms with Gasteiger partial charge in [-0.1, -0.05) is 48.0 Å². The van der Waals surface area contributed by atoms with E-state index in [2.05, 4.69) is 24.3 Å². The fraction of sp³-hybridized carbons (Fsp3) is 0.333. The zero-order valence-electron chi connectivity index (χ0n) is 12.3. The molecule has 3 heteroatoms. The van der Waals surface area contributed by atoms with E-state index >= 15 is 0 Å². The number of unbranched alkanes of at least 4 members (excludes halogenated alkanes) is 1. The maximum atomic E-state index is 9.49. The van der Waals surface area contributed by atoms with E-state index in [4.69, 9.17) is 16.3 Å². The summed E-state index contributed by atoms with van der Waals surface area (Å²) in [6.07, 6.45) is 2.64. The van der Waals surface area contributed by atoms with E-state index in [1.165, 1.54) is 5.56 Å². The Hall–Kier alpha value is -1.51. The summed E-state index contributed by atoms with van der Waals surface area (Å²) in [4.78, 5) is 0. The summed E-state index contributed by atoms with van der Waals surface area (Å²) >= 11 is 6.15. The Morgan fingerprint density at radius 1 is 1.10 bits per heavy atom. The smallest absolute Gasteiger partial charge is 0.137 e. The van der Waals surface area contributed by atoms with Gasteiger partial charge in [0.25, 0.3) is 0 Å². The van der Waals surface area contributed by atoms with Gasteiger partial charge in [0.05, 0.1) is 17.7 Å². The molecule has 1 N–H and O–H groups in total. The molecule has 112 valence electrons. The molecule has 21 heavy (non-hydrogen) atoms. The molecule has 0 radical (unpaired) electrons. The minimum atomic E-state index is -0.512. The Labute approximate surface area is 131 Å². The SMILES string of the molecule is C[C@@H](O)c1ccc(OCCCCc2ccccc2)c(Cl)c1. The number of aliphatic hydroxyl groups excluding tert-OH is 1. The quantitative estimate of drug-likeness (QED) is 0.745. The third-order valence-electron chi connectivity index (χ3n) is 3.40. The molecule has 0 saturated heterocycles. The van der Waals surface area contributed by atoms with Crippen LogP contribution in [0.2, 0.25) is 5.02 Å². The van der Waals surface area contributed by atoms with E-state index < -0.39 is 6.10 Å². The molecule has 2 nitrogen and oxygen atoms in total. The van der Waals surface area contributed by atoms with Crippen molar-refractivity contribution in [3.8, 4) is 5.75 Å². The number of hydrogen-bond donors (Lipinski definition) is 1. The van der Waals surface area contributed by atoms with Crippen LogP contribution in [0.4, 0.5) is 0 Å². The number of rotatable bonds is 7. The first-order valence-electron chi connectivity index (χ1n) is 7.31.